The fourth-order valence-electron chi connectivity index (χ4n) is 3.81. The number of nitrogen functional groups attached to an aromatic ring is 1. The smallest absolute Gasteiger partial charge is 0.277 e. The summed E-state index contributed by atoms with van der Waals surface area (Å²) in [6, 6.07) is 3.76. The number of halogens is 2. The molecular formula is C20H24F2N7OS+. The van der Waals surface area contributed by atoms with E-state index in [9.17, 15) is 13.6 Å². The molecular weight excluding hydrogens is 424 g/mol. The van der Waals surface area contributed by atoms with Crippen molar-refractivity contribution in [3.63, 3.8) is 0 Å². The van der Waals surface area contributed by atoms with Crippen LogP contribution in [0.4, 0.5) is 13.8 Å². The summed E-state index contributed by atoms with van der Waals surface area (Å²) in [5.74, 6) is -1.22. The van der Waals surface area contributed by atoms with Gasteiger partial charge in [-0.3, -0.25) is 4.79 Å². The number of rotatable bonds is 4. The molecule has 0 saturated carbocycles. The first-order chi connectivity index (χ1) is 14.7. The van der Waals surface area contributed by atoms with Crippen LogP contribution in [0.15, 0.2) is 34.8 Å². The van der Waals surface area contributed by atoms with E-state index in [-0.39, 0.29) is 31.9 Å². The highest BCUT2D eigenvalue weighted by Gasteiger charge is 2.39. The Hall–Kier alpha value is -2.89. The van der Waals surface area contributed by atoms with Gasteiger partial charge in [-0.05, 0) is 19.1 Å². The van der Waals surface area contributed by atoms with E-state index < -0.39 is 17.5 Å². The summed E-state index contributed by atoms with van der Waals surface area (Å²) in [5.41, 5.74) is 6.16. The van der Waals surface area contributed by atoms with Gasteiger partial charge >= 0.3 is 0 Å². The predicted octanol–water partition coefficient (Wildman–Crippen LogP) is 1.94. The summed E-state index contributed by atoms with van der Waals surface area (Å²) in [6.45, 7) is 4.52. The van der Waals surface area contributed by atoms with E-state index in [0.29, 0.717) is 5.70 Å². The van der Waals surface area contributed by atoms with E-state index in [1.807, 2.05) is 14.1 Å². The summed E-state index contributed by atoms with van der Waals surface area (Å²) < 4.78 is 28.5. The number of carbonyl (C=O) groups is 1. The van der Waals surface area contributed by atoms with Gasteiger partial charge in [0, 0.05) is 25.7 Å². The van der Waals surface area contributed by atoms with Gasteiger partial charge in [-0.2, -0.15) is 4.59 Å². The van der Waals surface area contributed by atoms with Gasteiger partial charge in [0.25, 0.3) is 11.7 Å². The maximum atomic E-state index is 14.1. The van der Waals surface area contributed by atoms with E-state index in [0.717, 1.165) is 48.9 Å². The molecule has 4 N–H and O–H groups in total. The molecule has 1 aromatic heterocycles. The molecule has 2 aromatic rings. The molecule has 1 fully saturated rings. The Bertz CT molecular complexity index is 1070. The largest absolute Gasteiger partial charge is 0.389 e. The third kappa shape index (κ3) is 3.91. The maximum absolute atomic E-state index is 14.1. The zero-order valence-corrected chi connectivity index (χ0v) is 18.3. The third-order valence-corrected chi connectivity index (χ3v) is 6.20. The first kappa shape index (κ1) is 21.3. The Morgan fingerprint density at radius 1 is 1.35 bits per heavy atom. The standard InChI is InChI=1S/C20H23F2N7OS/c1-11-9-24-7-8-28(11)20-14(10-25-29(20,2)3)26-18(30)16-17(23)31-19(27-16)15-12(21)5-4-6-13(15)22/h4-6,10-11,24H,7-9H2,1-3H3,(H2-,23,26,30)/p+1/t11-/m0/s1. The second kappa shape index (κ2) is 7.98. The van der Waals surface area contributed by atoms with Crippen molar-refractivity contribution < 1.29 is 18.2 Å². The molecule has 31 heavy (non-hydrogen) atoms. The molecule has 3 heterocycles. The number of nitrogens with one attached hydrogen (secondary N) is 2. The van der Waals surface area contributed by atoms with Gasteiger partial charge in [0.05, 0.1) is 19.7 Å². The third-order valence-electron chi connectivity index (χ3n) is 5.30. The monoisotopic (exact) mass is 448 g/mol. The minimum Gasteiger partial charge on any atom is -0.389 e. The number of allylic oxidation sites excluding steroid dienone is 1. The van der Waals surface area contributed by atoms with Gasteiger partial charge in [-0.1, -0.05) is 22.5 Å². The lowest BCUT2D eigenvalue weighted by molar-refractivity contribution is -0.865. The van der Waals surface area contributed by atoms with E-state index in [1.54, 1.807) is 6.21 Å². The van der Waals surface area contributed by atoms with Crippen molar-refractivity contribution in [1.29, 1.82) is 0 Å². The topological polar surface area (TPSA) is 95.6 Å². The second-order valence-corrected chi connectivity index (χ2v) is 8.94. The molecule has 0 spiro atoms. The molecule has 2 aliphatic heterocycles. The average Bonchev–Trinajstić information content (AvgIpc) is 3.22. The predicted molar refractivity (Wildman–Crippen MR) is 116 cm³/mol. The molecule has 1 aromatic carbocycles. The molecule has 2 aliphatic rings. The van der Waals surface area contributed by atoms with Crippen molar-refractivity contribution in [2.75, 3.05) is 39.5 Å². The normalized spacial score (nSPS) is 20.4. The van der Waals surface area contributed by atoms with Crippen molar-refractivity contribution in [2.45, 2.75) is 13.0 Å². The average molecular weight is 449 g/mol. The number of carbonyl (C=O) groups excluding carboxylic acids is 1. The number of nitrogens with two attached hydrogens (primary N) is 1. The summed E-state index contributed by atoms with van der Waals surface area (Å²) in [5, 5.41) is 10.8. The van der Waals surface area contributed by atoms with Crippen LogP contribution in [-0.4, -0.2) is 66.4 Å². The highest BCUT2D eigenvalue weighted by atomic mass is 32.1. The van der Waals surface area contributed by atoms with Crippen molar-refractivity contribution in [3.8, 4) is 10.6 Å². The molecule has 11 heteroatoms. The number of benzene rings is 1. The number of hydrogen-bond donors (Lipinski definition) is 3. The zero-order chi connectivity index (χ0) is 22.3. The van der Waals surface area contributed by atoms with Crippen molar-refractivity contribution >= 4 is 28.5 Å². The van der Waals surface area contributed by atoms with Crippen molar-refractivity contribution in [3.05, 3.63) is 47.0 Å². The van der Waals surface area contributed by atoms with E-state index >= 15 is 0 Å². The van der Waals surface area contributed by atoms with Gasteiger partial charge in [0.15, 0.2) is 5.69 Å². The van der Waals surface area contributed by atoms with Crippen LogP contribution in [0.1, 0.15) is 17.4 Å². The zero-order valence-electron chi connectivity index (χ0n) is 17.4. The lowest BCUT2D eigenvalue weighted by atomic mass is 10.2. The van der Waals surface area contributed by atoms with E-state index in [2.05, 4.69) is 32.5 Å². The van der Waals surface area contributed by atoms with Crippen LogP contribution in [0.25, 0.3) is 10.6 Å². The minimum atomic E-state index is -0.764. The number of thiazole rings is 1. The van der Waals surface area contributed by atoms with Crippen molar-refractivity contribution in [2.24, 2.45) is 5.10 Å². The number of nitrogens with zero attached hydrogens (tertiary/aromatic N) is 4. The van der Waals surface area contributed by atoms with Gasteiger partial charge in [0.1, 0.15) is 33.6 Å². The summed E-state index contributed by atoms with van der Waals surface area (Å²) in [4.78, 5) is 19.3. The Morgan fingerprint density at radius 2 is 2.06 bits per heavy atom. The number of amides is 1. The molecule has 4 rings (SSSR count). The molecule has 1 atom stereocenters. The number of anilines is 1. The van der Waals surface area contributed by atoms with Gasteiger partial charge in [-0.15, -0.1) is 0 Å². The molecule has 0 radical (unpaired) electrons. The van der Waals surface area contributed by atoms with Crippen LogP contribution in [0.3, 0.4) is 0 Å². The number of quaternary nitrogens is 1. The van der Waals surface area contributed by atoms with Gasteiger partial charge in [0.2, 0.25) is 0 Å². The molecule has 164 valence electrons. The Balaban J connectivity index is 1.65. The summed E-state index contributed by atoms with van der Waals surface area (Å²) >= 11 is 0.865. The van der Waals surface area contributed by atoms with Crippen LogP contribution >= 0.6 is 11.3 Å². The van der Waals surface area contributed by atoms with Crippen LogP contribution in [0.5, 0.6) is 0 Å². The maximum Gasteiger partial charge on any atom is 0.277 e. The lowest BCUT2D eigenvalue weighted by Gasteiger charge is -2.39. The summed E-state index contributed by atoms with van der Waals surface area (Å²) in [7, 11) is 3.85. The fourth-order valence-corrected chi connectivity index (χ4v) is 4.68. The molecule has 1 amide bonds. The van der Waals surface area contributed by atoms with Crippen LogP contribution in [-0.2, 0) is 0 Å². The second-order valence-electron chi connectivity index (χ2n) is 7.91. The van der Waals surface area contributed by atoms with Gasteiger partial charge < -0.3 is 21.3 Å². The van der Waals surface area contributed by atoms with Crippen LogP contribution in [0.2, 0.25) is 0 Å². The van der Waals surface area contributed by atoms with Crippen LogP contribution in [0, 0.1) is 11.6 Å². The Kier molecular flexibility index (Phi) is 5.50. The molecule has 1 saturated heterocycles. The molecule has 0 aliphatic carbocycles. The molecule has 0 unspecified atom stereocenters. The number of hydrogen-bond acceptors (Lipinski definition) is 7. The number of aromatic nitrogens is 1. The molecule has 8 nitrogen and oxygen atoms in total. The SMILES string of the molecule is C[C@H]1CNCCN1C1=C(NC(=O)c2nc(-c3c(F)cccc3F)sc2N)C=N[N+]1(C)C. The highest BCUT2D eigenvalue weighted by molar-refractivity contribution is 7.19. The Morgan fingerprint density at radius 3 is 2.74 bits per heavy atom. The number of piperazine rings is 1. The minimum absolute atomic E-state index is 0.0133. The van der Waals surface area contributed by atoms with Crippen LogP contribution < -0.4 is 16.4 Å². The van der Waals surface area contributed by atoms with Crippen molar-refractivity contribution in [1.82, 2.24) is 20.5 Å². The van der Waals surface area contributed by atoms with Gasteiger partial charge in [-0.25, -0.2) is 13.8 Å². The highest BCUT2D eigenvalue weighted by Crippen LogP contribution is 2.34. The summed E-state index contributed by atoms with van der Waals surface area (Å²) in [6.07, 6.45) is 1.61. The first-order valence-corrected chi connectivity index (χ1v) is 10.6. The van der Waals surface area contributed by atoms with E-state index in [1.165, 1.54) is 6.07 Å². The fraction of sp³-hybridized carbons (Fsp3) is 0.350. The first-order valence-electron chi connectivity index (χ1n) is 9.83. The Labute approximate surface area is 182 Å². The quantitative estimate of drug-likeness (QED) is 0.622. The lowest BCUT2D eigenvalue weighted by Crippen LogP contribution is -2.54. The molecule has 0 bridgehead atoms. The van der Waals surface area contributed by atoms with E-state index in [4.69, 9.17) is 5.73 Å².